The van der Waals surface area contributed by atoms with Crippen LogP contribution in [0.25, 0.3) is 22.6 Å². The molecule has 0 saturated carbocycles. The Labute approximate surface area is 198 Å². The molecule has 9 heteroatoms. The van der Waals surface area contributed by atoms with Crippen molar-refractivity contribution < 1.29 is 9.53 Å². The number of benzene rings is 1. The molecule has 3 aromatic heterocycles. The highest BCUT2D eigenvalue weighted by molar-refractivity contribution is 6.09. The summed E-state index contributed by atoms with van der Waals surface area (Å²) < 4.78 is 9.83. The van der Waals surface area contributed by atoms with Crippen molar-refractivity contribution >= 4 is 11.7 Å². The summed E-state index contributed by atoms with van der Waals surface area (Å²) in [5.74, 6) is 1.58. The van der Waals surface area contributed by atoms with Gasteiger partial charge in [-0.3, -0.25) is 14.4 Å². The monoisotopic (exact) mass is 457 g/mol. The zero-order valence-electron chi connectivity index (χ0n) is 19.9. The van der Waals surface area contributed by atoms with Crippen molar-refractivity contribution in [2.45, 2.75) is 46.7 Å². The summed E-state index contributed by atoms with van der Waals surface area (Å²) in [7, 11) is 0. The first-order valence-corrected chi connectivity index (χ1v) is 11.3. The predicted molar refractivity (Wildman–Crippen MR) is 129 cm³/mol. The van der Waals surface area contributed by atoms with Crippen LogP contribution in [0.3, 0.4) is 0 Å². The van der Waals surface area contributed by atoms with Crippen LogP contribution in [-0.2, 0) is 0 Å². The molecule has 1 amide bonds. The van der Waals surface area contributed by atoms with Crippen molar-refractivity contribution in [2.24, 2.45) is 0 Å². The molecule has 174 valence electrons. The van der Waals surface area contributed by atoms with E-state index in [1.807, 2.05) is 52.8 Å². The number of hydrogen-bond donors (Lipinski definition) is 0. The number of carbonyl (C=O) groups is 1. The fourth-order valence-electron chi connectivity index (χ4n) is 4.05. The summed E-state index contributed by atoms with van der Waals surface area (Å²) in [6.45, 7) is 10.4. The fourth-order valence-corrected chi connectivity index (χ4v) is 4.05. The minimum atomic E-state index is -0.159. The summed E-state index contributed by atoms with van der Waals surface area (Å²) >= 11 is 0. The SMILES string of the molecule is Cc1cc2c(cc1-c1cnn(C(C)C)c1)C(=O)N(c1cccc(-c3nncn3C(C)C)n1)CO2. The van der Waals surface area contributed by atoms with Gasteiger partial charge in [-0.1, -0.05) is 6.07 Å². The van der Waals surface area contributed by atoms with E-state index in [9.17, 15) is 4.79 Å². The molecule has 4 aromatic rings. The zero-order chi connectivity index (χ0) is 24.0. The molecule has 34 heavy (non-hydrogen) atoms. The number of carbonyl (C=O) groups excluding carboxylic acids is 1. The number of amides is 1. The van der Waals surface area contributed by atoms with Gasteiger partial charge in [0.25, 0.3) is 5.91 Å². The van der Waals surface area contributed by atoms with E-state index in [2.05, 4.69) is 43.0 Å². The first-order valence-electron chi connectivity index (χ1n) is 11.3. The van der Waals surface area contributed by atoms with Gasteiger partial charge in [0, 0.05) is 23.8 Å². The number of pyridine rings is 1. The lowest BCUT2D eigenvalue weighted by Gasteiger charge is -2.29. The van der Waals surface area contributed by atoms with Gasteiger partial charge < -0.3 is 9.30 Å². The Morgan fingerprint density at radius 3 is 2.62 bits per heavy atom. The van der Waals surface area contributed by atoms with E-state index in [1.54, 1.807) is 17.3 Å². The zero-order valence-corrected chi connectivity index (χ0v) is 19.9. The summed E-state index contributed by atoms with van der Waals surface area (Å²) in [5, 5.41) is 12.7. The van der Waals surface area contributed by atoms with Crippen molar-refractivity contribution in [3.8, 4) is 28.4 Å². The third-order valence-electron chi connectivity index (χ3n) is 5.96. The third-order valence-corrected chi connectivity index (χ3v) is 5.96. The van der Waals surface area contributed by atoms with Crippen LogP contribution in [0.4, 0.5) is 5.82 Å². The first kappa shape index (κ1) is 21.8. The van der Waals surface area contributed by atoms with Crippen molar-refractivity contribution in [2.75, 3.05) is 11.6 Å². The van der Waals surface area contributed by atoms with Crippen LogP contribution < -0.4 is 9.64 Å². The predicted octanol–water partition coefficient (Wildman–Crippen LogP) is 4.67. The number of anilines is 1. The Hall–Kier alpha value is -4.01. The molecule has 1 aliphatic rings. The largest absolute Gasteiger partial charge is 0.472 e. The second-order valence-corrected chi connectivity index (χ2v) is 9.01. The highest BCUT2D eigenvalue weighted by Gasteiger charge is 2.29. The molecule has 1 aliphatic heterocycles. The molecule has 0 radical (unpaired) electrons. The number of nitrogens with zero attached hydrogens (tertiary/aromatic N) is 7. The second-order valence-electron chi connectivity index (χ2n) is 9.01. The van der Waals surface area contributed by atoms with E-state index in [0.717, 1.165) is 16.7 Å². The van der Waals surface area contributed by atoms with Crippen molar-refractivity contribution in [3.05, 3.63) is 60.2 Å². The van der Waals surface area contributed by atoms with Crippen LogP contribution in [0.1, 0.15) is 55.7 Å². The molecule has 0 fully saturated rings. The summed E-state index contributed by atoms with van der Waals surface area (Å²) in [6.07, 6.45) is 5.52. The topological polar surface area (TPSA) is 91.0 Å². The molecule has 0 aliphatic carbocycles. The number of aromatic nitrogens is 6. The van der Waals surface area contributed by atoms with Crippen LogP contribution in [-0.4, -0.2) is 42.2 Å². The van der Waals surface area contributed by atoms with Crippen molar-refractivity contribution in [1.82, 2.24) is 29.5 Å². The van der Waals surface area contributed by atoms with E-state index in [0.29, 0.717) is 28.6 Å². The van der Waals surface area contributed by atoms with Crippen LogP contribution in [0.15, 0.2) is 49.1 Å². The lowest BCUT2D eigenvalue weighted by atomic mass is 9.98. The molecule has 9 nitrogen and oxygen atoms in total. The van der Waals surface area contributed by atoms with Crippen LogP contribution in [0.5, 0.6) is 5.75 Å². The molecular weight excluding hydrogens is 430 g/mol. The molecule has 5 rings (SSSR count). The maximum absolute atomic E-state index is 13.6. The molecular formula is C25H27N7O2. The number of aryl methyl sites for hydroxylation is 1. The van der Waals surface area contributed by atoms with E-state index in [1.165, 1.54) is 0 Å². The molecule has 0 saturated heterocycles. The van der Waals surface area contributed by atoms with Gasteiger partial charge >= 0.3 is 0 Å². The van der Waals surface area contributed by atoms with Gasteiger partial charge in [-0.25, -0.2) is 4.98 Å². The molecule has 0 unspecified atom stereocenters. The quantitative estimate of drug-likeness (QED) is 0.433. The van der Waals surface area contributed by atoms with Gasteiger partial charge in [-0.2, -0.15) is 5.10 Å². The molecule has 0 atom stereocenters. The summed E-state index contributed by atoms with van der Waals surface area (Å²) in [5.41, 5.74) is 4.09. The standard InChI is InChI=1S/C25H27N7O2/c1-15(2)30-13-26-29-24(30)21-7-6-8-23(28-21)31-14-34-22-9-17(5)19(10-20(22)25(31)33)18-11-27-32(12-18)16(3)4/h6-13,15-16H,14H2,1-5H3. The molecule has 0 bridgehead atoms. The van der Waals surface area contributed by atoms with Gasteiger partial charge in [-0.05, 0) is 70.0 Å². The Kier molecular flexibility index (Phi) is 5.39. The maximum Gasteiger partial charge on any atom is 0.265 e. The summed E-state index contributed by atoms with van der Waals surface area (Å²) in [4.78, 5) is 19.8. The van der Waals surface area contributed by atoms with Gasteiger partial charge in [0.1, 0.15) is 23.6 Å². The maximum atomic E-state index is 13.6. The lowest BCUT2D eigenvalue weighted by molar-refractivity contribution is 0.0936. The van der Waals surface area contributed by atoms with Gasteiger partial charge in [-0.15, -0.1) is 10.2 Å². The highest BCUT2D eigenvalue weighted by Crippen LogP contribution is 2.35. The molecule has 1 aromatic carbocycles. The van der Waals surface area contributed by atoms with E-state index >= 15 is 0 Å². The minimum Gasteiger partial charge on any atom is -0.472 e. The average Bonchev–Trinajstić information content (AvgIpc) is 3.49. The van der Waals surface area contributed by atoms with Crippen molar-refractivity contribution in [1.29, 1.82) is 0 Å². The smallest absolute Gasteiger partial charge is 0.265 e. The number of fused-ring (bicyclic) bond motifs is 1. The average molecular weight is 458 g/mol. The Morgan fingerprint density at radius 1 is 1.06 bits per heavy atom. The third kappa shape index (κ3) is 3.72. The summed E-state index contributed by atoms with van der Waals surface area (Å²) in [6, 6.07) is 9.77. The van der Waals surface area contributed by atoms with Crippen LogP contribution in [0, 0.1) is 6.92 Å². The second kappa shape index (κ2) is 8.40. The number of rotatable bonds is 5. The Bertz CT molecular complexity index is 1370. The van der Waals surface area contributed by atoms with Crippen LogP contribution >= 0.6 is 0 Å². The van der Waals surface area contributed by atoms with E-state index in [-0.39, 0.29) is 24.7 Å². The Balaban J connectivity index is 1.50. The van der Waals surface area contributed by atoms with Crippen LogP contribution in [0.2, 0.25) is 0 Å². The molecule has 0 spiro atoms. The molecule has 0 N–H and O–H groups in total. The van der Waals surface area contributed by atoms with Gasteiger partial charge in [0.05, 0.1) is 11.8 Å². The highest BCUT2D eigenvalue weighted by atomic mass is 16.5. The van der Waals surface area contributed by atoms with Gasteiger partial charge in [0.15, 0.2) is 12.6 Å². The first-order chi connectivity index (χ1) is 16.3. The van der Waals surface area contributed by atoms with Gasteiger partial charge in [0.2, 0.25) is 0 Å². The molecule has 4 heterocycles. The minimum absolute atomic E-state index is 0.0865. The number of ether oxygens (including phenoxy) is 1. The fraction of sp³-hybridized carbons (Fsp3) is 0.320. The van der Waals surface area contributed by atoms with E-state index in [4.69, 9.17) is 9.72 Å². The normalized spacial score (nSPS) is 13.5. The van der Waals surface area contributed by atoms with Crippen molar-refractivity contribution in [3.63, 3.8) is 0 Å². The number of hydrogen-bond acceptors (Lipinski definition) is 6. The lowest BCUT2D eigenvalue weighted by Crippen LogP contribution is -2.39. The van der Waals surface area contributed by atoms with E-state index < -0.39 is 0 Å². The Morgan fingerprint density at radius 2 is 1.88 bits per heavy atom.